The molecule has 2 aromatic carbocycles. The van der Waals surface area contributed by atoms with E-state index in [1.165, 1.54) is 23.8 Å². The number of aryl methyl sites for hydroxylation is 2. The fraction of sp³-hybridized carbons (Fsp3) is 0.190. The number of carbonyl (C=O) groups excluding carboxylic acids is 2. The molecule has 0 atom stereocenters. The second-order valence-electron chi connectivity index (χ2n) is 6.24. The lowest BCUT2D eigenvalue weighted by molar-refractivity contribution is -0.136. The van der Waals surface area contributed by atoms with Crippen molar-refractivity contribution in [1.29, 1.82) is 0 Å². The molecule has 1 aromatic heterocycles. The fourth-order valence-electron chi connectivity index (χ4n) is 2.41. The van der Waals surface area contributed by atoms with Crippen LogP contribution in [0.15, 0.2) is 48.7 Å². The molecule has 0 fully saturated rings. The Morgan fingerprint density at radius 1 is 1.04 bits per heavy atom. The number of anilines is 1. The van der Waals surface area contributed by atoms with Crippen molar-refractivity contribution in [2.75, 3.05) is 11.9 Å². The summed E-state index contributed by atoms with van der Waals surface area (Å²) in [6.45, 7) is 5.28. The number of amides is 1. The van der Waals surface area contributed by atoms with Crippen LogP contribution in [-0.2, 0) is 9.59 Å². The van der Waals surface area contributed by atoms with Crippen LogP contribution in [0.5, 0.6) is 11.5 Å². The van der Waals surface area contributed by atoms with Crippen molar-refractivity contribution >= 4 is 28.3 Å². The second-order valence-corrected chi connectivity index (χ2v) is 7.27. The number of esters is 1. The minimum atomic E-state index is -0.475. The highest BCUT2D eigenvalue weighted by Crippen LogP contribution is 2.30. The van der Waals surface area contributed by atoms with Gasteiger partial charge in [0.15, 0.2) is 11.7 Å². The molecule has 0 radical (unpaired) electrons. The lowest BCUT2D eigenvalue weighted by Crippen LogP contribution is -2.17. The van der Waals surface area contributed by atoms with Crippen LogP contribution in [0.1, 0.15) is 18.1 Å². The first kappa shape index (κ1) is 19.6. The summed E-state index contributed by atoms with van der Waals surface area (Å²) in [5.41, 5.74) is 3.19. The molecule has 1 heterocycles. The third-order valence-electron chi connectivity index (χ3n) is 3.99. The van der Waals surface area contributed by atoms with E-state index in [1.54, 1.807) is 18.3 Å². The Bertz CT molecular complexity index is 996. The lowest BCUT2D eigenvalue weighted by atomic mass is 10.1. The summed E-state index contributed by atoms with van der Waals surface area (Å²) >= 11 is 1.37. The van der Waals surface area contributed by atoms with Crippen LogP contribution >= 0.6 is 11.3 Å². The Labute approximate surface area is 167 Å². The normalized spacial score (nSPS) is 10.4. The van der Waals surface area contributed by atoms with Gasteiger partial charge in [0.1, 0.15) is 11.5 Å². The summed E-state index contributed by atoms with van der Waals surface area (Å²) in [7, 11) is 0. The van der Waals surface area contributed by atoms with Crippen LogP contribution in [0.3, 0.4) is 0 Å². The van der Waals surface area contributed by atoms with Gasteiger partial charge in [-0.25, -0.2) is 9.78 Å². The van der Waals surface area contributed by atoms with Gasteiger partial charge in [-0.15, -0.1) is 0 Å². The van der Waals surface area contributed by atoms with E-state index in [2.05, 4.69) is 10.3 Å². The Morgan fingerprint density at radius 2 is 1.75 bits per heavy atom. The van der Waals surface area contributed by atoms with E-state index in [1.807, 2.05) is 44.2 Å². The third-order valence-corrected chi connectivity index (χ3v) is 4.96. The molecule has 0 saturated heterocycles. The maximum Gasteiger partial charge on any atom is 0.349 e. The van der Waals surface area contributed by atoms with Crippen molar-refractivity contribution in [3.63, 3.8) is 0 Å². The fourth-order valence-corrected chi connectivity index (χ4v) is 3.28. The van der Waals surface area contributed by atoms with E-state index in [9.17, 15) is 9.59 Å². The highest BCUT2D eigenvalue weighted by atomic mass is 32.1. The molecule has 1 amide bonds. The molecule has 0 aliphatic carbocycles. The number of nitrogens with one attached hydrogen (secondary N) is 1. The van der Waals surface area contributed by atoms with Crippen LogP contribution in [0.2, 0.25) is 0 Å². The molecule has 0 aliphatic rings. The van der Waals surface area contributed by atoms with Crippen molar-refractivity contribution in [3.8, 4) is 21.9 Å². The molecule has 144 valence electrons. The zero-order chi connectivity index (χ0) is 20.1. The number of ether oxygens (including phenoxy) is 2. The van der Waals surface area contributed by atoms with Gasteiger partial charge in [-0.2, -0.15) is 0 Å². The minimum absolute atomic E-state index is 0.161. The summed E-state index contributed by atoms with van der Waals surface area (Å²) in [5.74, 6) is 0.433. The van der Waals surface area contributed by atoms with Gasteiger partial charge in [-0.1, -0.05) is 17.4 Å². The largest absolute Gasteiger partial charge is 0.482 e. The molecule has 0 unspecified atom stereocenters. The predicted molar refractivity (Wildman–Crippen MR) is 109 cm³/mol. The Hall–Kier alpha value is -3.19. The molecular weight excluding hydrogens is 376 g/mol. The van der Waals surface area contributed by atoms with Gasteiger partial charge < -0.3 is 14.8 Å². The molecule has 7 heteroatoms. The van der Waals surface area contributed by atoms with Crippen molar-refractivity contribution in [1.82, 2.24) is 4.98 Å². The van der Waals surface area contributed by atoms with Gasteiger partial charge in [-0.05, 0) is 66.9 Å². The van der Waals surface area contributed by atoms with Crippen LogP contribution in [0, 0.1) is 13.8 Å². The van der Waals surface area contributed by atoms with Crippen LogP contribution in [-0.4, -0.2) is 23.5 Å². The zero-order valence-electron chi connectivity index (χ0n) is 15.8. The molecule has 6 nitrogen and oxygen atoms in total. The number of hydrogen-bond acceptors (Lipinski definition) is 6. The Kier molecular flexibility index (Phi) is 6.06. The maximum atomic E-state index is 12.0. The molecule has 0 bridgehead atoms. The predicted octanol–water partition coefficient (Wildman–Crippen LogP) is 4.37. The van der Waals surface area contributed by atoms with Crippen molar-refractivity contribution in [2.45, 2.75) is 20.8 Å². The van der Waals surface area contributed by atoms with Gasteiger partial charge in [-0.3, -0.25) is 4.79 Å². The summed E-state index contributed by atoms with van der Waals surface area (Å²) in [6.07, 6.45) is 1.69. The van der Waals surface area contributed by atoms with Crippen molar-refractivity contribution in [2.24, 2.45) is 0 Å². The van der Waals surface area contributed by atoms with E-state index < -0.39 is 5.97 Å². The van der Waals surface area contributed by atoms with E-state index in [0.717, 1.165) is 16.0 Å². The molecule has 3 rings (SSSR count). The van der Waals surface area contributed by atoms with Crippen LogP contribution < -0.4 is 14.8 Å². The standard InChI is InChI=1S/C21H20N2O4S/c1-13-4-7-18(10-14(13)2)26-12-20(25)27-17-8-5-16(6-9-17)19-11-22-21(28-19)23-15(3)24/h4-11H,12H2,1-3H3,(H,22,23,24). The number of benzene rings is 2. The first-order valence-electron chi connectivity index (χ1n) is 8.65. The summed E-state index contributed by atoms with van der Waals surface area (Å²) in [4.78, 5) is 28.1. The van der Waals surface area contributed by atoms with Crippen LogP contribution in [0.25, 0.3) is 10.4 Å². The first-order chi connectivity index (χ1) is 13.4. The van der Waals surface area contributed by atoms with E-state index >= 15 is 0 Å². The van der Waals surface area contributed by atoms with Crippen molar-refractivity contribution < 1.29 is 19.1 Å². The topological polar surface area (TPSA) is 77.5 Å². The molecule has 0 spiro atoms. The minimum Gasteiger partial charge on any atom is -0.482 e. The number of rotatable bonds is 6. The average Bonchev–Trinajstić information content (AvgIpc) is 3.11. The highest BCUT2D eigenvalue weighted by molar-refractivity contribution is 7.19. The number of hydrogen-bond donors (Lipinski definition) is 1. The van der Waals surface area contributed by atoms with Gasteiger partial charge in [0, 0.05) is 13.1 Å². The number of carbonyl (C=O) groups is 2. The smallest absolute Gasteiger partial charge is 0.349 e. The molecule has 28 heavy (non-hydrogen) atoms. The van der Waals surface area contributed by atoms with Crippen molar-refractivity contribution in [3.05, 3.63) is 59.8 Å². The summed E-state index contributed by atoms with van der Waals surface area (Å²) < 4.78 is 10.8. The lowest BCUT2D eigenvalue weighted by Gasteiger charge is -2.08. The molecule has 0 aliphatic heterocycles. The summed E-state index contributed by atoms with van der Waals surface area (Å²) in [6, 6.07) is 12.7. The average molecular weight is 396 g/mol. The van der Waals surface area contributed by atoms with E-state index in [-0.39, 0.29) is 12.5 Å². The number of thiazole rings is 1. The third kappa shape index (κ3) is 5.17. The summed E-state index contributed by atoms with van der Waals surface area (Å²) in [5, 5.41) is 3.19. The van der Waals surface area contributed by atoms with E-state index in [0.29, 0.717) is 16.6 Å². The molecule has 0 saturated carbocycles. The first-order valence-corrected chi connectivity index (χ1v) is 9.47. The maximum absolute atomic E-state index is 12.0. The number of aromatic nitrogens is 1. The quantitative estimate of drug-likeness (QED) is 0.494. The molecule has 3 aromatic rings. The van der Waals surface area contributed by atoms with Gasteiger partial charge in [0.05, 0.1) is 4.88 Å². The molecular formula is C21H20N2O4S. The molecule has 1 N–H and O–H groups in total. The van der Waals surface area contributed by atoms with E-state index in [4.69, 9.17) is 9.47 Å². The van der Waals surface area contributed by atoms with Gasteiger partial charge in [0.2, 0.25) is 5.91 Å². The van der Waals surface area contributed by atoms with Crippen LogP contribution in [0.4, 0.5) is 5.13 Å². The van der Waals surface area contributed by atoms with Gasteiger partial charge >= 0.3 is 5.97 Å². The highest BCUT2D eigenvalue weighted by Gasteiger charge is 2.09. The number of nitrogens with zero attached hydrogens (tertiary/aromatic N) is 1. The Balaban J connectivity index is 1.56. The second kappa shape index (κ2) is 8.67. The zero-order valence-corrected chi connectivity index (χ0v) is 16.6. The monoisotopic (exact) mass is 396 g/mol. The Morgan fingerprint density at radius 3 is 2.43 bits per heavy atom. The SMILES string of the molecule is CC(=O)Nc1ncc(-c2ccc(OC(=O)COc3ccc(C)c(C)c3)cc2)s1. The van der Waals surface area contributed by atoms with Gasteiger partial charge in [0.25, 0.3) is 0 Å².